The van der Waals surface area contributed by atoms with Crippen LogP contribution in [0.1, 0.15) is 16.2 Å². The minimum Gasteiger partial charge on any atom is -0.475 e. The normalized spacial score (nSPS) is 10.5. The molecule has 0 fully saturated rings. The summed E-state index contributed by atoms with van der Waals surface area (Å²) in [5, 5.41) is 12.9. The number of carboxylic acids is 1. The molecule has 0 spiro atoms. The third kappa shape index (κ3) is 2.07. The molecular weight excluding hydrogens is 246 g/mol. The highest BCUT2D eigenvalue weighted by molar-refractivity contribution is 6.30. The van der Waals surface area contributed by atoms with E-state index < -0.39 is 17.5 Å². The summed E-state index contributed by atoms with van der Waals surface area (Å²) in [7, 11) is 0. The number of nitrogens with zero attached hydrogens (tertiary/aromatic N) is 2. The highest BCUT2D eigenvalue weighted by Crippen LogP contribution is 2.16. The highest BCUT2D eigenvalue weighted by atomic mass is 35.5. The van der Waals surface area contributed by atoms with Crippen molar-refractivity contribution in [3.05, 3.63) is 45.1 Å². The Morgan fingerprint density at radius 2 is 2.24 bits per heavy atom. The Balaban J connectivity index is 2.60. The van der Waals surface area contributed by atoms with Crippen molar-refractivity contribution in [3.63, 3.8) is 0 Å². The molecular formula is C10H8ClN3O3. The lowest BCUT2D eigenvalue weighted by molar-refractivity contribution is 0.0683. The second kappa shape index (κ2) is 4.06. The molecule has 1 heterocycles. The molecule has 0 aliphatic carbocycles. The molecule has 0 unspecified atom stereocenters. The fraction of sp³-hybridized carbons (Fsp3) is 0.100. The van der Waals surface area contributed by atoms with Gasteiger partial charge >= 0.3 is 11.7 Å². The van der Waals surface area contributed by atoms with Crippen LogP contribution in [-0.4, -0.2) is 25.8 Å². The summed E-state index contributed by atoms with van der Waals surface area (Å²) in [5.74, 6) is -1.68. The third-order valence-corrected chi connectivity index (χ3v) is 2.44. The second-order valence-electron chi connectivity index (χ2n) is 3.43. The molecule has 0 amide bonds. The van der Waals surface area contributed by atoms with Crippen molar-refractivity contribution in [2.45, 2.75) is 6.92 Å². The first-order valence-corrected chi connectivity index (χ1v) is 5.06. The monoisotopic (exact) mass is 253 g/mol. The number of carboxylic acid groups (broad SMARTS) is 1. The topological polar surface area (TPSA) is 88.0 Å². The van der Waals surface area contributed by atoms with Gasteiger partial charge in [0.1, 0.15) is 0 Å². The molecule has 0 radical (unpaired) electrons. The standard InChI is InChI=1S/C10H8ClN3O3/c1-5-4-6(11)2-3-7(5)14-10(17)12-8(13-14)9(15)16/h2-4H,1H3,(H,15,16)(H,12,13,17). The van der Waals surface area contributed by atoms with E-state index in [2.05, 4.69) is 10.1 Å². The number of aryl methyl sites for hydroxylation is 1. The number of nitrogens with one attached hydrogen (secondary N) is 1. The van der Waals surface area contributed by atoms with Crippen LogP contribution >= 0.6 is 11.6 Å². The van der Waals surface area contributed by atoms with Gasteiger partial charge in [0, 0.05) is 5.02 Å². The Hall–Kier alpha value is -2.08. The van der Waals surface area contributed by atoms with Gasteiger partial charge in [-0.3, -0.25) is 4.98 Å². The van der Waals surface area contributed by atoms with Gasteiger partial charge in [0.25, 0.3) is 0 Å². The van der Waals surface area contributed by atoms with Crippen LogP contribution in [0.5, 0.6) is 0 Å². The van der Waals surface area contributed by atoms with Gasteiger partial charge in [-0.25, -0.2) is 9.59 Å². The minimum absolute atomic E-state index is 0.399. The van der Waals surface area contributed by atoms with Crippen LogP contribution in [0.4, 0.5) is 0 Å². The molecule has 2 N–H and O–H groups in total. The smallest absolute Gasteiger partial charge is 0.373 e. The number of aromatic carboxylic acids is 1. The molecule has 1 aromatic heterocycles. The van der Waals surface area contributed by atoms with E-state index in [1.54, 1.807) is 25.1 Å². The fourth-order valence-electron chi connectivity index (χ4n) is 1.44. The SMILES string of the molecule is Cc1cc(Cl)ccc1-n1nc(C(=O)O)[nH]c1=O. The van der Waals surface area contributed by atoms with Crippen molar-refractivity contribution in [1.29, 1.82) is 0 Å². The Labute approximate surface area is 100 Å². The Morgan fingerprint density at radius 1 is 1.53 bits per heavy atom. The largest absolute Gasteiger partial charge is 0.475 e. The number of benzene rings is 1. The Kier molecular flexibility index (Phi) is 2.72. The molecule has 0 atom stereocenters. The zero-order valence-corrected chi connectivity index (χ0v) is 9.52. The van der Waals surface area contributed by atoms with Crippen LogP contribution in [0.25, 0.3) is 5.69 Å². The molecule has 0 aliphatic rings. The first-order chi connectivity index (χ1) is 7.99. The number of aromatic amines is 1. The maximum absolute atomic E-state index is 11.5. The minimum atomic E-state index is -1.28. The molecule has 0 bridgehead atoms. The Morgan fingerprint density at radius 3 is 2.76 bits per heavy atom. The lowest BCUT2D eigenvalue weighted by atomic mass is 10.2. The van der Waals surface area contributed by atoms with E-state index in [4.69, 9.17) is 16.7 Å². The summed E-state index contributed by atoms with van der Waals surface area (Å²) in [4.78, 5) is 24.3. The number of hydrogen-bond acceptors (Lipinski definition) is 3. The van der Waals surface area contributed by atoms with Crippen molar-refractivity contribution < 1.29 is 9.90 Å². The molecule has 7 heteroatoms. The lowest BCUT2D eigenvalue weighted by Crippen LogP contribution is -2.16. The maximum atomic E-state index is 11.5. The number of hydrogen-bond donors (Lipinski definition) is 2. The van der Waals surface area contributed by atoms with E-state index in [0.717, 1.165) is 10.2 Å². The van der Waals surface area contributed by atoms with Gasteiger partial charge in [-0.1, -0.05) is 11.6 Å². The van der Waals surface area contributed by atoms with Gasteiger partial charge in [-0.15, -0.1) is 5.10 Å². The lowest BCUT2D eigenvalue weighted by Gasteiger charge is -2.03. The van der Waals surface area contributed by atoms with E-state index in [1.165, 1.54) is 0 Å². The Bertz CT molecular complexity index is 644. The zero-order chi connectivity index (χ0) is 12.6. The molecule has 0 saturated carbocycles. The molecule has 2 rings (SSSR count). The summed E-state index contributed by atoms with van der Waals surface area (Å²) in [5.41, 5.74) is 0.610. The third-order valence-electron chi connectivity index (χ3n) is 2.21. The summed E-state index contributed by atoms with van der Waals surface area (Å²) >= 11 is 5.79. The fourth-order valence-corrected chi connectivity index (χ4v) is 1.67. The van der Waals surface area contributed by atoms with E-state index in [9.17, 15) is 9.59 Å². The molecule has 2 aromatic rings. The van der Waals surface area contributed by atoms with Crippen molar-refractivity contribution >= 4 is 17.6 Å². The van der Waals surface area contributed by atoms with Crippen LogP contribution in [0.2, 0.25) is 5.02 Å². The number of aromatic nitrogens is 3. The van der Waals surface area contributed by atoms with Gasteiger partial charge in [0.15, 0.2) is 0 Å². The molecule has 6 nitrogen and oxygen atoms in total. The molecule has 88 valence electrons. The summed E-state index contributed by atoms with van der Waals surface area (Å²) < 4.78 is 0.995. The van der Waals surface area contributed by atoms with Gasteiger partial charge in [0.05, 0.1) is 5.69 Å². The molecule has 0 saturated heterocycles. The van der Waals surface area contributed by atoms with Crippen molar-refractivity contribution in [2.24, 2.45) is 0 Å². The first-order valence-electron chi connectivity index (χ1n) is 4.68. The van der Waals surface area contributed by atoms with Crippen LogP contribution in [0, 0.1) is 6.92 Å². The van der Waals surface area contributed by atoms with Crippen molar-refractivity contribution in [2.75, 3.05) is 0 Å². The highest BCUT2D eigenvalue weighted by Gasteiger charge is 2.13. The average Bonchev–Trinajstić information content (AvgIpc) is 2.61. The molecule has 0 aliphatic heterocycles. The molecule has 17 heavy (non-hydrogen) atoms. The summed E-state index contributed by atoms with van der Waals surface area (Å²) in [6.07, 6.45) is 0. The van der Waals surface area contributed by atoms with Crippen LogP contribution in [0.15, 0.2) is 23.0 Å². The first kappa shape index (κ1) is 11.4. The number of carbonyl (C=O) groups is 1. The summed E-state index contributed by atoms with van der Waals surface area (Å²) in [6.45, 7) is 1.75. The predicted octanol–water partition coefficient (Wildman–Crippen LogP) is 1.22. The molecule has 1 aromatic carbocycles. The van der Waals surface area contributed by atoms with Crippen molar-refractivity contribution in [1.82, 2.24) is 14.8 Å². The maximum Gasteiger partial charge on any atom is 0.373 e. The van der Waals surface area contributed by atoms with Gasteiger partial charge in [-0.05, 0) is 30.7 Å². The number of rotatable bonds is 2. The van der Waals surface area contributed by atoms with Crippen LogP contribution in [-0.2, 0) is 0 Å². The summed E-state index contributed by atoms with van der Waals surface area (Å²) in [6, 6.07) is 4.87. The number of halogens is 1. The van der Waals surface area contributed by atoms with E-state index in [0.29, 0.717) is 10.7 Å². The zero-order valence-electron chi connectivity index (χ0n) is 8.77. The van der Waals surface area contributed by atoms with E-state index >= 15 is 0 Å². The predicted molar refractivity (Wildman–Crippen MR) is 60.9 cm³/mol. The number of H-pyrrole nitrogens is 1. The van der Waals surface area contributed by atoms with E-state index in [-0.39, 0.29) is 0 Å². The quantitative estimate of drug-likeness (QED) is 0.842. The van der Waals surface area contributed by atoms with Gasteiger partial charge in [-0.2, -0.15) is 4.68 Å². The van der Waals surface area contributed by atoms with Crippen LogP contribution < -0.4 is 5.69 Å². The van der Waals surface area contributed by atoms with Gasteiger partial charge in [0.2, 0.25) is 5.82 Å². The van der Waals surface area contributed by atoms with Crippen molar-refractivity contribution in [3.8, 4) is 5.69 Å². The van der Waals surface area contributed by atoms with Gasteiger partial charge < -0.3 is 5.11 Å². The average molecular weight is 254 g/mol. The second-order valence-corrected chi connectivity index (χ2v) is 3.86. The van der Waals surface area contributed by atoms with E-state index in [1.807, 2.05) is 0 Å². The van der Waals surface area contributed by atoms with Crippen LogP contribution in [0.3, 0.4) is 0 Å².